The van der Waals surface area contributed by atoms with Crippen LogP contribution in [0, 0.1) is 0 Å². The van der Waals surface area contributed by atoms with Gasteiger partial charge in [0.1, 0.15) is 0 Å². The van der Waals surface area contributed by atoms with Gasteiger partial charge < -0.3 is 4.90 Å². The molecule has 0 fully saturated rings. The van der Waals surface area contributed by atoms with Gasteiger partial charge in [-0.2, -0.15) is 0 Å². The summed E-state index contributed by atoms with van der Waals surface area (Å²) in [7, 11) is 0. The second-order valence-electron chi connectivity index (χ2n) is 15.0. The Labute approximate surface area is 317 Å². The van der Waals surface area contributed by atoms with E-state index in [9.17, 15) is 0 Å². The van der Waals surface area contributed by atoms with Crippen molar-refractivity contribution < 1.29 is 0 Å². The number of hydrogen-bond donors (Lipinski definition) is 0. The SMILES string of the molecule is CC1(C)c2cc(-c3ccc(-c4ccccc4)cc3)ccc2-c2ccc(N(c3ccc(-c4cccc5ccccc45)cc3)c3ccc4ccccc4c3)cc21. The maximum Gasteiger partial charge on any atom is 0.0468 e. The van der Waals surface area contributed by atoms with Crippen molar-refractivity contribution in [1.82, 2.24) is 0 Å². The molecule has 0 N–H and O–H groups in total. The van der Waals surface area contributed by atoms with Gasteiger partial charge in [-0.1, -0.05) is 172 Å². The molecule has 0 spiro atoms. The van der Waals surface area contributed by atoms with E-state index in [4.69, 9.17) is 0 Å². The summed E-state index contributed by atoms with van der Waals surface area (Å²) in [5, 5.41) is 4.99. The van der Waals surface area contributed by atoms with E-state index >= 15 is 0 Å². The molecule has 0 aliphatic heterocycles. The van der Waals surface area contributed by atoms with E-state index in [1.807, 2.05) is 0 Å². The number of anilines is 3. The van der Waals surface area contributed by atoms with Gasteiger partial charge in [0, 0.05) is 22.5 Å². The highest BCUT2D eigenvalue weighted by Crippen LogP contribution is 2.52. The monoisotopic (exact) mass is 689 g/mol. The molecule has 0 atom stereocenters. The molecule has 0 radical (unpaired) electrons. The Kier molecular flexibility index (Phi) is 7.56. The first kappa shape index (κ1) is 32.0. The summed E-state index contributed by atoms with van der Waals surface area (Å²) < 4.78 is 0. The number of rotatable bonds is 6. The van der Waals surface area contributed by atoms with Crippen molar-refractivity contribution >= 4 is 38.6 Å². The van der Waals surface area contributed by atoms with Gasteiger partial charge in [0.05, 0.1) is 0 Å². The fourth-order valence-electron chi connectivity index (χ4n) is 8.56. The molecule has 0 amide bonds. The van der Waals surface area contributed by atoms with Crippen LogP contribution >= 0.6 is 0 Å². The summed E-state index contributed by atoms with van der Waals surface area (Å²) in [5.74, 6) is 0. The fraction of sp³-hybridized carbons (Fsp3) is 0.0566. The third kappa shape index (κ3) is 5.40. The molecule has 9 aromatic carbocycles. The van der Waals surface area contributed by atoms with Crippen molar-refractivity contribution in [3.05, 3.63) is 211 Å². The predicted molar refractivity (Wildman–Crippen MR) is 230 cm³/mol. The smallest absolute Gasteiger partial charge is 0.0468 e. The number of fused-ring (bicyclic) bond motifs is 5. The van der Waals surface area contributed by atoms with Crippen LogP contribution in [0.1, 0.15) is 25.0 Å². The lowest BCUT2D eigenvalue weighted by Gasteiger charge is -2.28. The first-order valence-corrected chi connectivity index (χ1v) is 18.8. The second-order valence-corrected chi connectivity index (χ2v) is 15.0. The Morgan fingerprint density at radius 1 is 0.315 bits per heavy atom. The van der Waals surface area contributed by atoms with Crippen LogP contribution in [0.5, 0.6) is 0 Å². The first-order valence-electron chi connectivity index (χ1n) is 18.8. The van der Waals surface area contributed by atoms with Gasteiger partial charge in [-0.05, 0) is 120 Å². The van der Waals surface area contributed by atoms with Gasteiger partial charge in [0.2, 0.25) is 0 Å². The zero-order valence-corrected chi connectivity index (χ0v) is 30.5. The van der Waals surface area contributed by atoms with Crippen molar-refractivity contribution in [1.29, 1.82) is 0 Å². The van der Waals surface area contributed by atoms with Crippen LogP contribution in [0.3, 0.4) is 0 Å². The largest absolute Gasteiger partial charge is 0.310 e. The molecule has 1 aliphatic rings. The van der Waals surface area contributed by atoms with Crippen LogP contribution in [-0.4, -0.2) is 0 Å². The molecule has 54 heavy (non-hydrogen) atoms. The summed E-state index contributed by atoms with van der Waals surface area (Å²) in [6, 6.07) is 73.4. The zero-order valence-electron chi connectivity index (χ0n) is 30.5. The fourth-order valence-corrected chi connectivity index (χ4v) is 8.56. The van der Waals surface area contributed by atoms with E-state index in [-0.39, 0.29) is 5.41 Å². The average Bonchev–Trinajstić information content (AvgIpc) is 3.46. The normalized spacial score (nSPS) is 12.8. The highest BCUT2D eigenvalue weighted by molar-refractivity contribution is 5.97. The summed E-state index contributed by atoms with van der Waals surface area (Å²) in [6.45, 7) is 4.76. The van der Waals surface area contributed by atoms with Crippen molar-refractivity contribution in [2.24, 2.45) is 0 Å². The second kappa shape index (κ2) is 12.8. The Balaban J connectivity index is 1.04. The molecule has 0 saturated carbocycles. The van der Waals surface area contributed by atoms with Crippen molar-refractivity contribution in [3.8, 4) is 44.5 Å². The summed E-state index contributed by atoms with van der Waals surface area (Å²) in [5.41, 5.74) is 16.0. The van der Waals surface area contributed by atoms with E-state index < -0.39 is 0 Å². The molecule has 0 bridgehead atoms. The predicted octanol–water partition coefficient (Wildman–Crippen LogP) is 14.8. The standard InChI is InChI=1S/C53H39N/c1-53(2)51-34-43(39-21-19-38(20-22-39)36-11-4-3-5-12-36)26-31-49(51)50-32-30-46(35-52(50)53)54(45-29-23-37-13-6-7-15-42(37)33-45)44-27-24-41(25-28-44)48-18-10-16-40-14-8-9-17-47(40)48/h3-35H,1-2H3. The number of benzene rings is 9. The Morgan fingerprint density at radius 3 is 1.61 bits per heavy atom. The van der Waals surface area contributed by atoms with Crippen LogP contribution in [0.2, 0.25) is 0 Å². The molecular weight excluding hydrogens is 651 g/mol. The molecular formula is C53H39N. The molecule has 9 aromatic rings. The van der Waals surface area contributed by atoms with Crippen molar-refractivity contribution in [3.63, 3.8) is 0 Å². The average molecular weight is 690 g/mol. The maximum absolute atomic E-state index is 2.43. The van der Waals surface area contributed by atoms with Crippen molar-refractivity contribution in [2.75, 3.05) is 4.90 Å². The number of nitrogens with zero attached hydrogens (tertiary/aromatic N) is 1. The van der Waals surface area contributed by atoms with Gasteiger partial charge in [-0.25, -0.2) is 0 Å². The molecule has 256 valence electrons. The minimum absolute atomic E-state index is 0.173. The van der Waals surface area contributed by atoms with Gasteiger partial charge in [-0.3, -0.25) is 0 Å². The molecule has 0 heterocycles. The minimum atomic E-state index is -0.173. The van der Waals surface area contributed by atoms with Gasteiger partial charge in [0.15, 0.2) is 0 Å². The quantitative estimate of drug-likeness (QED) is 0.168. The molecule has 10 rings (SSSR count). The minimum Gasteiger partial charge on any atom is -0.310 e. The van der Waals surface area contributed by atoms with Crippen LogP contribution in [0.25, 0.3) is 66.1 Å². The lowest BCUT2D eigenvalue weighted by Crippen LogP contribution is -2.16. The van der Waals surface area contributed by atoms with Gasteiger partial charge in [-0.15, -0.1) is 0 Å². The van der Waals surface area contributed by atoms with Crippen molar-refractivity contribution in [2.45, 2.75) is 19.3 Å². The highest BCUT2D eigenvalue weighted by Gasteiger charge is 2.36. The molecule has 0 saturated heterocycles. The number of hydrogen-bond acceptors (Lipinski definition) is 1. The molecule has 0 unspecified atom stereocenters. The van der Waals surface area contributed by atoms with E-state index in [1.165, 1.54) is 77.2 Å². The lowest BCUT2D eigenvalue weighted by molar-refractivity contribution is 0.660. The Bertz CT molecular complexity index is 2820. The van der Waals surface area contributed by atoms with Crippen LogP contribution in [0.4, 0.5) is 17.1 Å². The third-order valence-electron chi connectivity index (χ3n) is 11.5. The van der Waals surface area contributed by atoms with Crippen LogP contribution in [-0.2, 0) is 5.41 Å². The Morgan fingerprint density at radius 2 is 0.833 bits per heavy atom. The van der Waals surface area contributed by atoms with E-state index in [1.54, 1.807) is 0 Å². The van der Waals surface area contributed by atoms with Crippen LogP contribution in [0.15, 0.2) is 200 Å². The Hall–Kier alpha value is -6.70. The highest BCUT2D eigenvalue weighted by atomic mass is 15.1. The molecule has 0 aromatic heterocycles. The summed E-state index contributed by atoms with van der Waals surface area (Å²) in [4.78, 5) is 2.42. The molecule has 1 heteroatoms. The lowest BCUT2D eigenvalue weighted by atomic mass is 9.81. The van der Waals surface area contributed by atoms with E-state index in [2.05, 4.69) is 219 Å². The summed E-state index contributed by atoms with van der Waals surface area (Å²) in [6.07, 6.45) is 0. The summed E-state index contributed by atoms with van der Waals surface area (Å²) >= 11 is 0. The first-order chi connectivity index (χ1) is 26.5. The molecule has 1 nitrogen and oxygen atoms in total. The third-order valence-corrected chi connectivity index (χ3v) is 11.5. The van der Waals surface area contributed by atoms with E-state index in [0.717, 1.165) is 17.1 Å². The van der Waals surface area contributed by atoms with Gasteiger partial charge in [0.25, 0.3) is 0 Å². The van der Waals surface area contributed by atoms with Crippen LogP contribution < -0.4 is 4.90 Å². The van der Waals surface area contributed by atoms with Gasteiger partial charge >= 0.3 is 0 Å². The zero-order chi connectivity index (χ0) is 36.2. The maximum atomic E-state index is 2.43. The topological polar surface area (TPSA) is 3.24 Å². The molecule has 1 aliphatic carbocycles. The van der Waals surface area contributed by atoms with E-state index in [0.29, 0.717) is 0 Å².